The third kappa shape index (κ3) is 3.09. The highest BCUT2D eigenvalue weighted by molar-refractivity contribution is 5.92. The zero-order chi connectivity index (χ0) is 17.9. The summed E-state index contributed by atoms with van der Waals surface area (Å²) in [4.78, 5) is 4.38. The van der Waals surface area contributed by atoms with Crippen molar-refractivity contribution < 1.29 is 9.47 Å². The van der Waals surface area contributed by atoms with Crippen LogP contribution in [0.15, 0.2) is 42.7 Å². The highest BCUT2D eigenvalue weighted by Gasteiger charge is 2.11. The number of nitrogens with one attached hydrogen (secondary N) is 2. The van der Waals surface area contributed by atoms with Gasteiger partial charge in [0.15, 0.2) is 5.82 Å². The molecular weight excluding hydrogens is 330 g/mol. The van der Waals surface area contributed by atoms with Gasteiger partial charge in [-0.15, -0.1) is 0 Å². The summed E-state index contributed by atoms with van der Waals surface area (Å²) < 4.78 is 13.0. The van der Waals surface area contributed by atoms with E-state index in [0.717, 1.165) is 39.8 Å². The second-order valence-electron chi connectivity index (χ2n) is 6.13. The van der Waals surface area contributed by atoms with E-state index in [9.17, 15) is 0 Å². The van der Waals surface area contributed by atoms with Gasteiger partial charge in [-0.1, -0.05) is 0 Å². The van der Waals surface area contributed by atoms with Crippen molar-refractivity contribution >= 4 is 33.4 Å². The predicted molar refractivity (Wildman–Crippen MR) is 102 cm³/mol. The first kappa shape index (κ1) is 16.4. The monoisotopic (exact) mass is 351 g/mol. The van der Waals surface area contributed by atoms with E-state index in [0.29, 0.717) is 19.0 Å². The van der Waals surface area contributed by atoms with Crippen LogP contribution in [0.2, 0.25) is 0 Å². The van der Waals surface area contributed by atoms with Gasteiger partial charge < -0.3 is 19.4 Å². The normalized spacial score (nSPS) is 11.3. The standard InChI is InChI=1S/C19H21N5O2/c1-24-12-17(26-10-4-9-25-2)14-7-6-13(11-16(14)24)21-19-18-15(22-23-19)5-3-8-20-18/h3,5-8,11-12H,4,9-10H2,1-2H3,(H2,21,22,23). The Morgan fingerprint density at radius 3 is 3.04 bits per heavy atom. The molecule has 134 valence electrons. The Balaban J connectivity index is 1.58. The molecule has 0 aliphatic heterocycles. The summed E-state index contributed by atoms with van der Waals surface area (Å²) in [7, 11) is 3.71. The molecule has 1 aromatic carbocycles. The van der Waals surface area contributed by atoms with Crippen molar-refractivity contribution in [1.29, 1.82) is 0 Å². The molecule has 0 aliphatic rings. The van der Waals surface area contributed by atoms with E-state index in [1.54, 1.807) is 13.3 Å². The van der Waals surface area contributed by atoms with Crippen molar-refractivity contribution in [3.63, 3.8) is 0 Å². The molecule has 0 saturated carbocycles. The summed E-state index contributed by atoms with van der Waals surface area (Å²) in [6.45, 7) is 1.34. The Morgan fingerprint density at radius 1 is 1.23 bits per heavy atom. The summed E-state index contributed by atoms with van der Waals surface area (Å²) >= 11 is 0. The van der Waals surface area contributed by atoms with E-state index in [1.165, 1.54) is 0 Å². The molecule has 7 heteroatoms. The van der Waals surface area contributed by atoms with Crippen LogP contribution in [-0.4, -0.2) is 40.1 Å². The zero-order valence-corrected chi connectivity index (χ0v) is 14.8. The molecule has 3 aromatic heterocycles. The number of H-pyrrole nitrogens is 1. The van der Waals surface area contributed by atoms with Gasteiger partial charge in [0.05, 0.1) is 17.6 Å². The number of aryl methyl sites for hydroxylation is 1. The number of rotatable bonds is 7. The molecule has 4 aromatic rings. The SMILES string of the molecule is COCCCOc1cn(C)c2cc(Nc3n[nH]c4cccnc34)ccc12. The van der Waals surface area contributed by atoms with Gasteiger partial charge in [-0.05, 0) is 30.3 Å². The number of nitrogens with zero attached hydrogens (tertiary/aromatic N) is 3. The Hall–Kier alpha value is -3.06. The van der Waals surface area contributed by atoms with Crippen molar-refractivity contribution in [2.45, 2.75) is 6.42 Å². The summed E-state index contributed by atoms with van der Waals surface area (Å²) in [5, 5.41) is 11.7. The lowest BCUT2D eigenvalue weighted by molar-refractivity contribution is 0.172. The van der Waals surface area contributed by atoms with Crippen LogP contribution >= 0.6 is 0 Å². The maximum Gasteiger partial charge on any atom is 0.178 e. The maximum absolute atomic E-state index is 5.90. The van der Waals surface area contributed by atoms with Crippen LogP contribution in [0.3, 0.4) is 0 Å². The Labute approximate surface area is 150 Å². The fourth-order valence-corrected chi connectivity index (χ4v) is 3.00. The number of benzene rings is 1. The van der Waals surface area contributed by atoms with Crippen LogP contribution < -0.4 is 10.1 Å². The number of hydrogen-bond donors (Lipinski definition) is 2. The van der Waals surface area contributed by atoms with E-state index in [4.69, 9.17) is 9.47 Å². The number of ether oxygens (including phenoxy) is 2. The Morgan fingerprint density at radius 2 is 2.15 bits per heavy atom. The van der Waals surface area contributed by atoms with Gasteiger partial charge in [0, 0.05) is 50.7 Å². The minimum absolute atomic E-state index is 0.637. The quantitative estimate of drug-likeness (QED) is 0.497. The highest BCUT2D eigenvalue weighted by Crippen LogP contribution is 2.31. The van der Waals surface area contributed by atoms with E-state index in [-0.39, 0.29) is 0 Å². The minimum Gasteiger partial charge on any atom is -0.491 e. The molecule has 0 saturated heterocycles. The third-order valence-electron chi connectivity index (χ3n) is 4.29. The van der Waals surface area contributed by atoms with E-state index < -0.39 is 0 Å². The van der Waals surface area contributed by atoms with Crippen molar-refractivity contribution in [2.75, 3.05) is 25.6 Å². The number of aromatic amines is 1. The van der Waals surface area contributed by atoms with Crippen molar-refractivity contribution in [2.24, 2.45) is 7.05 Å². The smallest absolute Gasteiger partial charge is 0.178 e. The van der Waals surface area contributed by atoms with Gasteiger partial charge in [0.2, 0.25) is 0 Å². The first-order chi connectivity index (χ1) is 12.8. The van der Waals surface area contributed by atoms with E-state index in [2.05, 4.69) is 37.2 Å². The van der Waals surface area contributed by atoms with E-state index in [1.807, 2.05) is 31.4 Å². The predicted octanol–water partition coefficient (Wildman–Crippen LogP) is 3.61. The van der Waals surface area contributed by atoms with Crippen LogP contribution in [-0.2, 0) is 11.8 Å². The van der Waals surface area contributed by atoms with Crippen molar-refractivity contribution in [1.82, 2.24) is 19.7 Å². The van der Waals surface area contributed by atoms with Crippen LogP contribution in [0.4, 0.5) is 11.5 Å². The molecule has 0 amide bonds. The van der Waals surface area contributed by atoms with Gasteiger partial charge in [-0.25, -0.2) is 0 Å². The van der Waals surface area contributed by atoms with Crippen LogP contribution in [0.25, 0.3) is 21.9 Å². The average molecular weight is 351 g/mol. The topological polar surface area (TPSA) is 77.0 Å². The maximum atomic E-state index is 5.90. The molecule has 2 N–H and O–H groups in total. The molecular formula is C19H21N5O2. The molecule has 4 rings (SSSR count). The highest BCUT2D eigenvalue weighted by atomic mass is 16.5. The lowest BCUT2D eigenvalue weighted by Gasteiger charge is -2.06. The second-order valence-corrected chi connectivity index (χ2v) is 6.13. The lowest BCUT2D eigenvalue weighted by Crippen LogP contribution is -2.00. The zero-order valence-electron chi connectivity index (χ0n) is 14.8. The van der Waals surface area contributed by atoms with Gasteiger partial charge >= 0.3 is 0 Å². The molecule has 0 atom stereocenters. The van der Waals surface area contributed by atoms with Gasteiger partial charge in [0.1, 0.15) is 11.3 Å². The van der Waals surface area contributed by atoms with Crippen molar-refractivity contribution in [3.05, 3.63) is 42.7 Å². The minimum atomic E-state index is 0.637. The van der Waals surface area contributed by atoms with Crippen molar-refractivity contribution in [3.8, 4) is 5.75 Å². The molecule has 26 heavy (non-hydrogen) atoms. The Bertz CT molecular complexity index is 1040. The average Bonchev–Trinajstić information content (AvgIpc) is 3.21. The molecule has 0 unspecified atom stereocenters. The summed E-state index contributed by atoms with van der Waals surface area (Å²) in [5.41, 5.74) is 3.76. The van der Waals surface area contributed by atoms with Crippen LogP contribution in [0.5, 0.6) is 5.75 Å². The fourth-order valence-electron chi connectivity index (χ4n) is 3.00. The summed E-state index contributed by atoms with van der Waals surface area (Å²) in [6.07, 6.45) is 4.63. The van der Waals surface area contributed by atoms with Gasteiger partial charge in [0.25, 0.3) is 0 Å². The van der Waals surface area contributed by atoms with Gasteiger partial charge in [-0.2, -0.15) is 5.10 Å². The second kappa shape index (κ2) is 7.05. The van der Waals surface area contributed by atoms with Gasteiger partial charge in [-0.3, -0.25) is 10.1 Å². The number of hydrogen-bond acceptors (Lipinski definition) is 5. The van der Waals surface area contributed by atoms with Crippen LogP contribution in [0.1, 0.15) is 6.42 Å². The largest absolute Gasteiger partial charge is 0.491 e. The number of anilines is 2. The first-order valence-corrected chi connectivity index (χ1v) is 8.53. The number of fused-ring (bicyclic) bond motifs is 2. The molecule has 0 spiro atoms. The molecule has 0 bridgehead atoms. The molecule has 3 heterocycles. The summed E-state index contributed by atoms with van der Waals surface area (Å²) in [5.74, 6) is 1.60. The fraction of sp³-hybridized carbons (Fsp3) is 0.263. The molecule has 0 fully saturated rings. The molecule has 0 radical (unpaired) electrons. The van der Waals surface area contributed by atoms with Crippen LogP contribution in [0, 0.1) is 0 Å². The first-order valence-electron chi connectivity index (χ1n) is 8.53. The summed E-state index contributed by atoms with van der Waals surface area (Å²) in [6, 6.07) is 10.0. The Kier molecular flexibility index (Phi) is 4.45. The molecule has 0 aliphatic carbocycles. The van der Waals surface area contributed by atoms with E-state index >= 15 is 0 Å². The number of methoxy groups -OCH3 is 1. The lowest BCUT2D eigenvalue weighted by atomic mass is 10.2. The number of aromatic nitrogens is 4. The third-order valence-corrected chi connectivity index (χ3v) is 4.29. The molecule has 7 nitrogen and oxygen atoms in total. The number of pyridine rings is 1.